The second kappa shape index (κ2) is 5.85. The van der Waals surface area contributed by atoms with Gasteiger partial charge >= 0.3 is 5.97 Å². The summed E-state index contributed by atoms with van der Waals surface area (Å²) in [5.74, 6) is -0.720. The number of nitrogens with one attached hydrogen (secondary N) is 1. The Morgan fingerprint density at radius 2 is 2.20 bits per heavy atom. The van der Waals surface area contributed by atoms with Crippen molar-refractivity contribution in [1.29, 1.82) is 0 Å². The molecule has 10 heavy (non-hydrogen) atoms. The molecule has 0 saturated carbocycles. The second-order valence-corrected chi connectivity index (χ2v) is 1.99. The maximum Gasteiger partial charge on any atom is 0.320 e. The molecule has 0 aromatic heterocycles. The molecule has 1 rings (SSSR count). The topological polar surface area (TPSA) is 49.3 Å². The van der Waals surface area contributed by atoms with Crippen LogP contribution in [0.3, 0.4) is 0 Å². The van der Waals surface area contributed by atoms with Crippen molar-refractivity contribution in [3.63, 3.8) is 0 Å². The molecule has 1 aliphatic heterocycles. The van der Waals surface area contributed by atoms with Gasteiger partial charge in [-0.15, -0.1) is 0 Å². The van der Waals surface area contributed by atoms with Gasteiger partial charge in [0.15, 0.2) is 0 Å². The molecule has 0 unspecified atom stereocenters. The SMILES string of the molecule is C.O=C(O)[C@@H]1CCCN1.[Pd]. The Morgan fingerprint density at radius 3 is 2.40 bits per heavy atom. The van der Waals surface area contributed by atoms with Gasteiger partial charge < -0.3 is 10.4 Å². The molecule has 64 valence electrons. The fourth-order valence-corrected chi connectivity index (χ4v) is 0.895. The number of hydrogen-bond donors (Lipinski definition) is 2. The molecule has 0 amide bonds. The van der Waals surface area contributed by atoms with E-state index in [1.807, 2.05) is 0 Å². The number of carbonyl (C=O) groups is 1. The summed E-state index contributed by atoms with van der Waals surface area (Å²) in [5, 5.41) is 11.2. The smallest absolute Gasteiger partial charge is 0.320 e. The first kappa shape index (κ1) is 12.7. The molecular weight excluding hydrogens is 224 g/mol. The summed E-state index contributed by atoms with van der Waals surface area (Å²) in [7, 11) is 0. The Morgan fingerprint density at radius 1 is 1.60 bits per heavy atom. The van der Waals surface area contributed by atoms with E-state index in [2.05, 4.69) is 5.32 Å². The molecule has 1 saturated heterocycles. The van der Waals surface area contributed by atoms with Gasteiger partial charge in [-0.3, -0.25) is 4.79 Å². The summed E-state index contributed by atoms with van der Waals surface area (Å²) >= 11 is 0. The Hall–Kier alpha value is 0.0923. The molecule has 2 N–H and O–H groups in total. The van der Waals surface area contributed by atoms with Crippen LogP contribution in [0.4, 0.5) is 0 Å². The molecule has 0 aromatic carbocycles. The Kier molecular flexibility index (Phi) is 7.45. The third-order valence-electron chi connectivity index (χ3n) is 1.36. The molecule has 0 spiro atoms. The molecule has 1 aliphatic rings. The monoisotopic (exact) mass is 237 g/mol. The first-order valence-electron chi connectivity index (χ1n) is 2.77. The van der Waals surface area contributed by atoms with E-state index in [0.717, 1.165) is 19.4 Å². The van der Waals surface area contributed by atoms with E-state index in [0.29, 0.717) is 0 Å². The fourth-order valence-electron chi connectivity index (χ4n) is 0.895. The average Bonchev–Trinajstić information content (AvgIpc) is 2.12. The Labute approximate surface area is 74.8 Å². The van der Waals surface area contributed by atoms with E-state index in [4.69, 9.17) is 5.11 Å². The minimum absolute atomic E-state index is 0. The van der Waals surface area contributed by atoms with Gasteiger partial charge in [-0.25, -0.2) is 0 Å². The van der Waals surface area contributed by atoms with Gasteiger partial charge in [0.05, 0.1) is 0 Å². The average molecular weight is 238 g/mol. The van der Waals surface area contributed by atoms with Crippen molar-refractivity contribution in [2.45, 2.75) is 26.3 Å². The first-order valence-corrected chi connectivity index (χ1v) is 2.77. The number of rotatable bonds is 1. The summed E-state index contributed by atoms with van der Waals surface area (Å²) in [4.78, 5) is 10.1. The van der Waals surface area contributed by atoms with Gasteiger partial charge in [0.2, 0.25) is 0 Å². The van der Waals surface area contributed by atoms with Gasteiger partial charge in [-0.1, -0.05) is 7.43 Å². The van der Waals surface area contributed by atoms with Crippen LogP contribution in [0.5, 0.6) is 0 Å². The number of carboxylic acids is 1. The summed E-state index contributed by atoms with van der Waals surface area (Å²) in [6.45, 7) is 0.858. The van der Waals surface area contributed by atoms with Crippen molar-refractivity contribution >= 4 is 5.97 Å². The molecule has 1 fully saturated rings. The van der Waals surface area contributed by atoms with Crippen LogP contribution in [0.1, 0.15) is 20.3 Å². The molecule has 0 aliphatic carbocycles. The largest absolute Gasteiger partial charge is 0.480 e. The minimum atomic E-state index is -0.720. The van der Waals surface area contributed by atoms with Crippen molar-refractivity contribution in [3.05, 3.63) is 0 Å². The van der Waals surface area contributed by atoms with Gasteiger partial charge in [0.1, 0.15) is 6.04 Å². The van der Waals surface area contributed by atoms with Crippen LogP contribution in [-0.2, 0) is 25.2 Å². The zero-order valence-electron chi connectivity index (χ0n) is 4.87. The maximum atomic E-state index is 10.1. The first-order chi connectivity index (χ1) is 3.80. The van der Waals surface area contributed by atoms with E-state index in [1.165, 1.54) is 0 Å². The Balaban J connectivity index is 0. The van der Waals surface area contributed by atoms with E-state index in [1.54, 1.807) is 0 Å². The van der Waals surface area contributed by atoms with Crippen molar-refractivity contribution < 1.29 is 30.3 Å². The standard InChI is InChI=1S/C5H9NO2.CH4.Pd/c7-5(8)4-2-1-3-6-4;;/h4,6H,1-3H2,(H,7,8);1H4;/t4-;;/m0../s1. The molecular formula is C6H13NO2Pd. The van der Waals surface area contributed by atoms with Crippen LogP contribution >= 0.6 is 0 Å². The Bertz CT molecular complexity index is 102. The summed E-state index contributed by atoms with van der Waals surface area (Å²) in [6, 6.07) is -0.269. The normalized spacial score (nSPS) is 22.6. The van der Waals surface area contributed by atoms with Crippen LogP contribution < -0.4 is 5.32 Å². The van der Waals surface area contributed by atoms with Crippen LogP contribution in [0, 0.1) is 0 Å². The van der Waals surface area contributed by atoms with Crippen molar-refractivity contribution in [1.82, 2.24) is 5.32 Å². The number of carboxylic acid groups (broad SMARTS) is 1. The zero-order valence-corrected chi connectivity index (χ0v) is 6.42. The molecule has 0 radical (unpaired) electrons. The van der Waals surface area contributed by atoms with E-state index < -0.39 is 5.97 Å². The predicted octanol–water partition coefficient (Wildman–Crippen LogP) is 0.457. The third-order valence-corrected chi connectivity index (χ3v) is 1.36. The van der Waals surface area contributed by atoms with Crippen molar-refractivity contribution in [3.8, 4) is 0 Å². The van der Waals surface area contributed by atoms with Gasteiger partial charge in [-0.05, 0) is 19.4 Å². The molecule has 1 atom stereocenters. The van der Waals surface area contributed by atoms with E-state index >= 15 is 0 Å². The summed E-state index contributed by atoms with van der Waals surface area (Å²) in [6.07, 6.45) is 1.78. The van der Waals surface area contributed by atoms with Gasteiger partial charge in [0.25, 0.3) is 0 Å². The van der Waals surface area contributed by atoms with Crippen LogP contribution in [0.2, 0.25) is 0 Å². The third kappa shape index (κ3) is 3.31. The van der Waals surface area contributed by atoms with Gasteiger partial charge in [0, 0.05) is 20.4 Å². The van der Waals surface area contributed by atoms with Crippen LogP contribution in [0.15, 0.2) is 0 Å². The number of hydrogen-bond acceptors (Lipinski definition) is 2. The second-order valence-electron chi connectivity index (χ2n) is 1.99. The number of aliphatic carboxylic acids is 1. The molecule has 1 heterocycles. The molecule has 3 nitrogen and oxygen atoms in total. The van der Waals surface area contributed by atoms with E-state index in [9.17, 15) is 4.79 Å². The van der Waals surface area contributed by atoms with E-state index in [-0.39, 0.29) is 33.9 Å². The minimum Gasteiger partial charge on any atom is -0.480 e. The maximum absolute atomic E-state index is 10.1. The van der Waals surface area contributed by atoms with Crippen molar-refractivity contribution in [2.75, 3.05) is 6.54 Å². The van der Waals surface area contributed by atoms with Crippen LogP contribution in [0.25, 0.3) is 0 Å². The fraction of sp³-hybridized carbons (Fsp3) is 0.833. The zero-order chi connectivity index (χ0) is 5.98. The molecule has 4 heteroatoms. The predicted molar refractivity (Wildman–Crippen MR) is 35.4 cm³/mol. The summed E-state index contributed by atoms with van der Waals surface area (Å²) in [5.41, 5.74) is 0. The molecule has 0 bridgehead atoms. The van der Waals surface area contributed by atoms with Crippen molar-refractivity contribution in [2.24, 2.45) is 0 Å². The summed E-state index contributed by atoms with van der Waals surface area (Å²) < 4.78 is 0. The van der Waals surface area contributed by atoms with Crippen LogP contribution in [-0.4, -0.2) is 23.7 Å². The quantitative estimate of drug-likeness (QED) is 0.652. The molecule has 0 aromatic rings. The van der Waals surface area contributed by atoms with Gasteiger partial charge in [-0.2, -0.15) is 0 Å².